The minimum absolute atomic E-state index is 0.479. The van der Waals surface area contributed by atoms with E-state index >= 15 is 0 Å². The molecule has 0 fully saturated rings. The van der Waals surface area contributed by atoms with Gasteiger partial charge in [0.1, 0.15) is 5.75 Å². The van der Waals surface area contributed by atoms with Gasteiger partial charge in [0.2, 0.25) is 12.2 Å². The summed E-state index contributed by atoms with van der Waals surface area (Å²) in [5, 5.41) is 0. The molecule has 0 aliphatic rings. The van der Waals surface area contributed by atoms with Crippen LogP contribution in [0.3, 0.4) is 0 Å². The van der Waals surface area contributed by atoms with Gasteiger partial charge in [0, 0.05) is 12.3 Å². The van der Waals surface area contributed by atoms with Crippen LogP contribution in [0.5, 0.6) is 11.6 Å². The summed E-state index contributed by atoms with van der Waals surface area (Å²) >= 11 is 3.38. The van der Waals surface area contributed by atoms with Crippen LogP contribution in [-0.4, -0.2) is 9.97 Å². The van der Waals surface area contributed by atoms with Crippen molar-refractivity contribution >= 4 is 15.9 Å². The van der Waals surface area contributed by atoms with E-state index in [2.05, 4.69) is 32.2 Å². The van der Waals surface area contributed by atoms with Crippen molar-refractivity contribution in [2.45, 2.75) is 0 Å². The smallest absolute Gasteiger partial charge is 0.222 e. The van der Waals surface area contributed by atoms with E-state index < -0.39 is 0 Å². The van der Waals surface area contributed by atoms with Gasteiger partial charge in [0.15, 0.2) is 0 Å². The molecule has 0 saturated carbocycles. The first-order valence-electron chi connectivity index (χ1n) is 3.98. The monoisotopic (exact) mass is 249 g/mol. The van der Waals surface area contributed by atoms with Gasteiger partial charge in [-0.15, -0.1) is 0 Å². The molecule has 0 atom stereocenters. The Labute approximate surface area is 89.9 Å². The molecular formula is C10H6BrN2O. The van der Waals surface area contributed by atoms with Gasteiger partial charge in [0.25, 0.3) is 0 Å². The molecule has 0 bridgehead atoms. The van der Waals surface area contributed by atoms with Crippen LogP contribution in [0.2, 0.25) is 0 Å². The minimum Gasteiger partial charge on any atom is -0.438 e. The largest absolute Gasteiger partial charge is 0.438 e. The fourth-order valence-electron chi connectivity index (χ4n) is 0.947. The summed E-state index contributed by atoms with van der Waals surface area (Å²) in [6.07, 6.45) is 4.04. The zero-order valence-corrected chi connectivity index (χ0v) is 8.73. The van der Waals surface area contributed by atoms with Crippen molar-refractivity contribution in [3.63, 3.8) is 0 Å². The summed E-state index contributed by atoms with van der Waals surface area (Å²) in [5.74, 6) is 1.20. The molecular weight excluding hydrogens is 244 g/mol. The molecule has 0 unspecified atom stereocenters. The molecule has 0 saturated heterocycles. The Bertz CT molecular complexity index is 419. The third kappa shape index (κ3) is 2.09. The van der Waals surface area contributed by atoms with E-state index in [9.17, 15) is 0 Å². The summed E-state index contributed by atoms with van der Waals surface area (Å²) < 4.78 is 6.37. The Kier molecular flexibility index (Phi) is 2.74. The van der Waals surface area contributed by atoms with E-state index in [0.717, 1.165) is 10.2 Å². The summed E-state index contributed by atoms with van der Waals surface area (Å²) in [5.41, 5.74) is 0. The van der Waals surface area contributed by atoms with Crippen molar-refractivity contribution in [3.8, 4) is 11.6 Å². The zero-order valence-electron chi connectivity index (χ0n) is 7.14. The number of ether oxygens (including phenoxy) is 1. The molecule has 4 heteroatoms. The van der Waals surface area contributed by atoms with E-state index in [1.807, 2.05) is 24.3 Å². The predicted octanol–water partition coefficient (Wildman–Crippen LogP) is 2.83. The van der Waals surface area contributed by atoms with Crippen LogP contribution in [-0.2, 0) is 0 Å². The van der Waals surface area contributed by atoms with Crippen LogP contribution >= 0.6 is 15.9 Å². The second-order valence-electron chi connectivity index (χ2n) is 2.53. The predicted molar refractivity (Wildman–Crippen MR) is 55.1 cm³/mol. The van der Waals surface area contributed by atoms with Crippen LogP contribution in [0.15, 0.2) is 41.0 Å². The van der Waals surface area contributed by atoms with Gasteiger partial charge in [-0.25, -0.2) is 4.98 Å². The quantitative estimate of drug-likeness (QED) is 0.821. The van der Waals surface area contributed by atoms with Gasteiger partial charge < -0.3 is 4.74 Å². The summed E-state index contributed by atoms with van der Waals surface area (Å²) in [4.78, 5) is 7.52. The number of aromatic nitrogens is 2. The molecule has 0 aliphatic heterocycles. The number of nitrogens with zero attached hydrogens (tertiary/aromatic N) is 2. The molecule has 2 rings (SSSR count). The molecule has 0 N–H and O–H groups in total. The third-order valence-electron chi connectivity index (χ3n) is 1.56. The van der Waals surface area contributed by atoms with Gasteiger partial charge in [-0.1, -0.05) is 12.1 Å². The number of rotatable bonds is 2. The maximum atomic E-state index is 5.48. The molecule has 0 spiro atoms. The maximum absolute atomic E-state index is 5.48. The van der Waals surface area contributed by atoms with Gasteiger partial charge in [-0.2, -0.15) is 4.98 Å². The Morgan fingerprint density at radius 2 is 2.07 bits per heavy atom. The molecule has 2 aromatic rings. The maximum Gasteiger partial charge on any atom is 0.222 e. The molecule has 0 amide bonds. The topological polar surface area (TPSA) is 35.0 Å². The minimum atomic E-state index is 0.479. The molecule has 0 aliphatic carbocycles. The van der Waals surface area contributed by atoms with Gasteiger partial charge in [0.05, 0.1) is 4.47 Å². The highest BCUT2D eigenvalue weighted by Crippen LogP contribution is 2.27. The summed E-state index contributed by atoms with van der Waals surface area (Å²) in [6.45, 7) is 0. The third-order valence-corrected chi connectivity index (χ3v) is 2.22. The lowest BCUT2D eigenvalue weighted by Gasteiger charge is -2.04. The first-order valence-corrected chi connectivity index (χ1v) is 4.77. The van der Waals surface area contributed by atoms with E-state index in [1.165, 1.54) is 0 Å². The van der Waals surface area contributed by atoms with Crippen LogP contribution in [0.4, 0.5) is 0 Å². The van der Waals surface area contributed by atoms with Crippen molar-refractivity contribution in [1.82, 2.24) is 9.97 Å². The molecule has 3 nitrogen and oxygen atoms in total. The van der Waals surface area contributed by atoms with Crippen molar-refractivity contribution in [2.75, 3.05) is 0 Å². The fraction of sp³-hybridized carbons (Fsp3) is 0. The SMILES string of the molecule is Brc1ccccc1Oc1ccn[c]n1. The van der Waals surface area contributed by atoms with Gasteiger partial charge in [-0.3, -0.25) is 0 Å². The van der Waals surface area contributed by atoms with E-state index in [0.29, 0.717) is 5.88 Å². The van der Waals surface area contributed by atoms with Gasteiger partial charge in [-0.05, 0) is 28.1 Å². The molecule has 14 heavy (non-hydrogen) atoms. The number of para-hydroxylation sites is 1. The Morgan fingerprint density at radius 1 is 1.21 bits per heavy atom. The summed E-state index contributed by atoms with van der Waals surface area (Å²) in [6, 6.07) is 9.25. The summed E-state index contributed by atoms with van der Waals surface area (Å²) in [7, 11) is 0. The normalized spacial score (nSPS) is 9.79. The second-order valence-corrected chi connectivity index (χ2v) is 3.38. The van der Waals surface area contributed by atoms with E-state index in [-0.39, 0.29) is 0 Å². The van der Waals surface area contributed by atoms with Crippen LogP contribution in [0.1, 0.15) is 0 Å². The highest BCUT2D eigenvalue weighted by atomic mass is 79.9. The van der Waals surface area contributed by atoms with Crippen molar-refractivity contribution in [1.29, 1.82) is 0 Å². The number of hydrogen-bond donors (Lipinski definition) is 0. The Morgan fingerprint density at radius 3 is 2.79 bits per heavy atom. The lowest BCUT2D eigenvalue weighted by molar-refractivity contribution is 0.458. The second kappa shape index (κ2) is 4.19. The molecule has 1 aromatic carbocycles. The molecule has 1 heterocycles. The van der Waals surface area contributed by atoms with Crippen LogP contribution in [0.25, 0.3) is 0 Å². The van der Waals surface area contributed by atoms with Crippen LogP contribution < -0.4 is 4.74 Å². The zero-order chi connectivity index (χ0) is 9.80. The standard InChI is InChI=1S/C10H6BrN2O/c11-8-3-1-2-4-9(8)14-10-5-6-12-7-13-10/h1-6H. The fourth-order valence-corrected chi connectivity index (χ4v) is 1.31. The van der Waals surface area contributed by atoms with Crippen molar-refractivity contribution in [2.24, 2.45) is 0 Å². The van der Waals surface area contributed by atoms with Crippen molar-refractivity contribution in [3.05, 3.63) is 47.3 Å². The van der Waals surface area contributed by atoms with Crippen molar-refractivity contribution < 1.29 is 4.74 Å². The molecule has 1 aromatic heterocycles. The Hall–Kier alpha value is -1.42. The molecule has 69 valence electrons. The number of benzene rings is 1. The molecule has 1 radical (unpaired) electrons. The number of halogens is 1. The van der Waals surface area contributed by atoms with Gasteiger partial charge >= 0.3 is 0 Å². The first kappa shape index (κ1) is 9.15. The van der Waals surface area contributed by atoms with Crippen LogP contribution in [0, 0.1) is 6.33 Å². The number of hydrogen-bond acceptors (Lipinski definition) is 3. The highest BCUT2D eigenvalue weighted by Gasteiger charge is 2.01. The van der Waals surface area contributed by atoms with E-state index in [4.69, 9.17) is 4.74 Å². The Balaban J connectivity index is 2.24. The average molecular weight is 250 g/mol. The first-order chi connectivity index (χ1) is 6.86. The lowest BCUT2D eigenvalue weighted by Crippen LogP contribution is -1.88. The lowest BCUT2D eigenvalue weighted by atomic mass is 10.3. The van der Waals surface area contributed by atoms with E-state index in [1.54, 1.807) is 12.3 Å². The highest BCUT2D eigenvalue weighted by molar-refractivity contribution is 9.10. The average Bonchev–Trinajstić information content (AvgIpc) is 2.23.